The molecule has 0 fully saturated rings. The van der Waals surface area contributed by atoms with Crippen molar-refractivity contribution in [1.29, 1.82) is 0 Å². The third-order valence-corrected chi connectivity index (χ3v) is 5.21. The summed E-state index contributed by atoms with van der Waals surface area (Å²) in [6.45, 7) is 1.81. The molecule has 5 nitrogen and oxygen atoms in total. The lowest BCUT2D eigenvalue weighted by atomic mass is 10.1. The second kappa shape index (κ2) is 8.30. The lowest BCUT2D eigenvalue weighted by Crippen LogP contribution is -2.20. The Kier molecular flexibility index (Phi) is 5.59. The first kappa shape index (κ1) is 19.5. The van der Waals surface area contributed by atoms with Gasteiger partial charge in [0.15, 0.2) is 0 Å². The van der Waals surface area contributed by atoms with Crippen LogP contribution >= 0.6 is 11.9 Å². The van der Waals surface area contributed by atoms with Gasteiger partial charge in [0.05, 0.1) is 11.4 Å². The molecule has 1 aliphatic heterocycles. The monoisotopic (exact) mass is 419 g/mol. The van der Waals surface area contributed by atoms with Gasteiger partial charge in [0, 0.05) is 18.9 Å². The number of nitrogens with zero attached hydrogens (tertiary/aromatic N) is 3. The minimum atomic E-state index is -4.70. The predicted molar refractivity (Wildman–Crippen MR) is 102 cm³/mol. The Labute approximate surface area is 169 Å². The molecule has 1 aliphatic rings. The van der Waals surface area contributed by atoms with Crippen molar-refractivity contribution in [2.24, 2.45) is 0 Å². The Bertz CT molecular complexity index is 969. The summed E-state index contributed by atoms with van der Waals surface area (Å²) >= 11 is 1.55. The van der Waals surface area contributed by atoms with Gasteiger partial charge in [-0.25, -0.2) is 14.3 Å². The molecule has 2 heterocycles. The lowest BCUT2D eigenvalue weighted by molar-refractivity contribution is -0.274. The zero-order valence-corrected chi connectivity index (χ0v) is 15.9. The van der Waals surface area contributed by atoms with Crippen molar-refractivity contribution in [3.05, 3.63) is 66.7 Å². The number of halogens is 3. The largest absolute Gasteiger partial charge is 0.573 e. The van der Waals surface area contributed by atoms with Gasteiger partial charge < -0.3 is 9.47 Å². The average molecular weight is 419 g/mol. The molecule has 0 N–H and O–H groups in total. The Morgan fingerprint density at radius 1 is 1.03 bits per heavy atom. The van der Waals surface area contributed by atoms with Crippen LogP contribution in [0.5, 0.6) is 11.5 Å². The van der Waals surface area contributed by atoms with E-state index in [1.807, 2.05) is 18.2 Å². The number of rotatable bonds is 4. The molecule has 4 rings (SSSR count). The minimum Gasteiger partial charge on any atom is -0.491 e. The van der Waals surface area contributed by atoms with E-state index in [1.165, 1.54) is 12.1 Å². The molecule has 0 spiro atoms. The van der Waals surface area contributed by atoms with Crippen molar-refractivity contribution < 1.29 is 22.6 Å². The maximum Gasteiger partial charge on any atom is 0.573 e. The fourth-order valence-corrected chi connectivity index (χ4v) is 3.87. The maximum atomic E-state index is 12.3. The second-order valence-corrected chi connectivity index (χ2v) is 7.34. The number of hydrogen-bond acceptors (Lipinski definition) is 6. The molecule has 0 aliphatic carbocycles. The first-order valence-corrected chi connectivity index (χ1v) is 9.55. The van der Waals surface area contributed by atoms with Gasteiger partial charge in [-0.15, -0.1) is 13.2 Å². The molecule has 2 aromatic carbocycles. The van der Waals surface area contributed by atoms with E-state index in [0.717, 1.165) is 27.6 Å². The number of fused-ring (bicyclic) bond motifs is 1. The summed E-state index contributed by atoms with van der Waals surface area (Å²) in [5, 5.41) is 0. The third kappa shape index (κ3) is 5.18. The Morgan fingerprint density at radius 2 is 1.76 bits per heavy atom. The van der Waals surface area contributed by atoms with Crippen LogP contribution in [0.4, 0.5) is 13.2 Å². The van der Waals surface area contributed by atoms with Crippen LogP contribution in [0.3, 0.4) is 0 Å². The molecule has 0 unspecified atom stereocenters. The van der Waals surface area contributed by atoms with Crippen LogP contribution in [0.1, 0.15) is 5.82 Å². The fourth-order valence-electron chi connectivity index (χ4n) is 2.85. The highest BCUT2D eigenvalue weighted by Gasteiger charge is 2.31. The molecule has 0 radical (unpaired) electrons. The van der Waals surface area contributed by atoms with E-state index < -0.39 is 6.36 Å². The topological polar surface area (TPSA) is 47.5 Å². The molecule has 3 aromatic rings. The van der Waals surface area contributed by atoms with Gasteiger partial charge >= 0.3 is 6.36 Å². The van der Waals surface area contributed by atoms with Gasteiger partial charge in [-0.05, 0) is 53.4 Å². The average Bonchev–Trinajstić information content (AvgIpc) is 2.89. The van der Waals surface area contributed by atoms with Gasteiger partial charge in [-0.3, -0.25) is 0 Å². The molecule has 29 heavy (non-hydrogen) atoms. The normalized spacial score (nSPS) is 14.6. The van der Waals surface area contributed by atoms with Gasteiger partial charge in [0.2, 0.25) is 0 Å². The molecule has 0 saturated heterocycles. The molecule has 0 saturated carbocycles. The zero-order chi connectivity index (χ0) is 20.3. The van der Waals surface area contributed by atoms with Crippen LogP contribution in [0.25, 0.3) is 11.1 Å². The van der Waals surface area contributed by atoms with E-state index in [1.54, 1.807) is 42.5 Å². The lowest BCUT2D eigenvalue weighted by Gasteiger charge is -2.17. The van der Waals surface area contributed by atoms with Crippen LogP contribution in [0, 0.1) is 0 Å². The molecule has 9 heteroatoms. The fraction of sp³-hybridized carbons (Fsp3) is 0.200. The highest BCUT2D eigenvalue weighted by Crippen LogP contribution is 2.38. The number of hydrogen-bond donors (Lipinski definition) is 0. The number of ether oxygens (including phenoxy) is 2. The summed E-state index contributed by atoms with van der Waals surface area (Å²) in [6, 6.07) is 13.3. The molecule has 1 aromatic heterocycles. The molecule has 0 amide bonds. The van der Waals surface area contributed by atoms with E-state index in [2.05, 4.69) is 19.0 Å². The van der Waals surface area contributed by atoms with Gasteiger partial charge in [-0.2, -0.15) is 0 Å². The molecular formula is C20H16F3N3O2S. The Morgan fingerprint density at radius 3 is 2.48 bits per heavy atom. The van der Waals surface area contributed by atoms with Crippen LogP contribution in [0.2, 0.25) is 0 Å². The number of benzene rings is 2. The van der Waals surface area contributed by atoms with Crippen LogP contribution in [-0.4, -0.2) is 33.8 Å². The minimum absolute atomic E-state index is 0.247. The molecule has 0 atom stereocenters. The first-order valence-electron chi connectivity index (χ1n) is 8.78. The number of aromatic nitrogens is 2. The van der Waals surface area contributed by atoms with Gasteiger partial charge in [0.1, 0.15) is 23.9 Å². The SMILES string of the molecule is FC(F)(F)Oc1ccc(-c2ccc3c(c2)SN(Cc2ncccn2)CCO3)cc1. The summed E-state index contributed by atoms with van der Waals surface area (Å²) < 4.78 is 48.9. The van der Waals surface area contributed by atoms with Gasteiger partial charge in [0.25, 0.3) is 0 Å². The Balaban J connectivity index is 1.53. The highest BCUT2D eigenvalue weighted by atomic mass is 32.2. The summed E-state index contributed by atoms with van der Waals surface area (Å²) in [5.74, 6) is 1.25. The van der Waals surface area contributed by atoms with Gasteiger partial charge in [-0.1, -0.05) is 18.2 Å². The van der Waals surface area contributed by atoms with Crippen molar-refractivity contribution in [2.75, 3.05) is 13.2 Å². The second-order valence-electron chi connectivity index (χ2n) is 6.20. The third-order valence-electron chi connectivity index (χ3n) is 4.13. The summed E-state index contributed by atoms with van der Waals surface area (Å²) in [7, 11) is 0. The van der Waals surface area contributed by atoms with Crippen molar-refractivity contribution in [1.82, 2.24) is 14.3 Å². The quantitative estimate of drug-likeness (QED) is 0.558. The van der Waals surface area contributed by atoms with E-state index in [0.29, 0.717) is 19.7 Å². The van der Waals surface area contributed by atoms with Crippen molar-refractivity contribution >= 4 is 11.9 Å². The summed E-state index contributed by atoms with van der Waals surface area (Å²) in [4.78, 5) is 9.44. The molecule has 150 valence electrons. The van der Waals surface area contributed by atoms with E-state index >= 15 is 0 Å². The maximum absolute atomic E-state index is 12.3. The summed E-state index contributed by atoms with van der Waals surface area (Å²) in [5.41, 5.74) is 1.65. The highest BCUT2D eigenvalue weighted by molar-refractivity contribution is 7.97. The zero-order valence-electron chi connectivity index (χ0n) is 15.1. The standard InChI is InChI=1S/C20H16F3N3O2S/c21-20(22,23)28-16-5-2-14(3-6-16)15-4-7-17-18(12-15)29-26(10-11-27-17)13-19-24-8-1-9-25-19/h1-9,12H,10-11,13H2. The summed E-state index contributed by atoms with van der Waals surface area (Å²) in [6.07, 6.45) is -1.29. The van der Waals surface area contributed by atoms with Crippen molar-refractivity contribution in [3.63, 3.8) is 0 Å². The first-order chi connectivity index (χ1) is 14.0. The van der Waals surface area contributed by atoms with E-state index in [-0.39, 0.29) is 5.75 Å². The van der Waals surface area contributed by atoms with Crippen LogP contribution < -0.4 is 9.47 Å². The molecular weight excluding hydrogens is 403 g/mol. The Hall–Kier alpha value is -2.78. The van der Waals surface area contributed by atoms with Crippen molar-refractivity contribution in [3.8, 4) is 22.6 Å². The van der Waals surface area contributed by atoms with E-state index in [9.17, 15) is 13.2 Å². The smallest absolute Gasteiger partial charge is 0.491 e. The number of alkyl halides is 3. The van der Waals surface area contributed by atoms with E-state index in [4.69, 9.17) is 4.74 Å². The predicted octanol–water partition coefficient (Wildman–Crippen LogP) is 4.94. The van der Waals surface area contributed by atoms with Crippen LogP contribution in [0.15, 0.2) is 65.8 Å². The van der Waals surface area contributed by atoms with Crippen LogP contribution in [-0.2, 0) is 6.54 Å². The molecule has 0 bridgehead atoms. The van der Waals surface area contributed by atoms with Crippen molar-refractivity contribution in [2.45, 2.75) is 17.8 Å².